The van der Waals surface area contributed by atoms with E-state index in [4.69, 9.17) is 0 Å². The van der Waals surface area contributed by atoms with Gasteiger partial charge in [0.05, 0.1) is 22.8 Å². The summed E-state index contributed by atoms with van der Waals surface area (Å²) in [5.74, 6) is -1.67. The van der Waals surface area contributed by atoms with E-state index in [2.05, 4.69) is 26.0 Å². The molecule has 1 aromatic rings. The van der Waals surface area contributed by atoms with E-state index in [0.29, 0.717) is 0 Å². The average Bonchev–Trinajstić information content (AvgIpc) is 2.21. The third kappa shape index (κ3) is 2.79. The van der Waals surface area contributed by atoms with Crippen molar-refractivity contribution in [3.8, 4) is 0 Å². The summed E-state index contributed by atoms with van der Waals surface area (Å²) in [6.45, 7) is 1.29. The molecule has 0 radical (unpaired) electrons. The number of ether oxygens (including phenoxy) is 1. The summed E-state index contributed by atoms with van der Waals surface area (Å²) in [5.41, 5.74) is 0.172. The molecule has 1 aromatic carbocycles. The Bertz CT molecular complexity index is 448. The van der Waals surface area contributed by atoms with Gasteiger partial charge < -0.3 is 10.1 Å². The van der Waals surface area contributed by atoms with Crippen molar-refractivity contribution in [2.75, 3.05) is 12.4 Å². The highest BCUT2D eigenvalue weighted by Gasteiger charge is 2.16. The van der Waals surface area contributed by atoms with E-state index in [1.54, 1.807) is 0 Å². The molecular formula is C10H9BrFNO3. The van der Waals surface area contributed by atoms with E-state index in [-0.39, 0.29) is 21.6 Å². The van der Waals surface area contributed by atoms with Crippen LogP contribution in [0.1, 0.15) is 17.3 Å². The van der Waals surface area contributed by atoms with Crippen LogP contribution in [-0.4, -0.2) is 19.0 Å². The van der Waals surface area contributed by atoms with E-state index in [9.17, 15) is 14.0 Å². The topological polar surface area (TPSA) is 55.4 Å². The number of hydrogen-bond donors (Lipinski definition) is 1. The Morgan fingerprint density at radius 1 is 1.44 bits per heavy atom. The second-order valence-corrected chi connectivity index (χ2v) is 3.84. The van der Waals surface area contributed by atoms with Gasteiger partial charge >= 0.3 is 5.97 Å². The van der Waals surface area contributed by atoms with Gasteiger partial charge in [-0.1, -0.05) is 0 Å². The highest BCUT2D eigenvalue weighted by molar-refractivity contribution is 9.10. The van der Waals surface area contributed by atoms with Crippen LogP contribution in [0.25, 0.3) is 0 Å². The van der Waals surface area contributed by atoms with Crippen molar-refractivity contribution in [2.24, 2.45) is 0 Å². The van der Waals surface area contributed by atoms with Crippen LogP contribution < -0.4 is 5.32 Å². The molecule has 4 nitrogen and oxygen atoms in total. The summed E-state index contributed by atoms with van der Waals surface area (Å²) in [7, 11) is 1.18. The number of carbonyl (C=O) groups excluding carboxylic acids is 2. The molecule has 16 heavy (non-hydrogen) atoms. The number of hydrogen-bond acceptors (Lipinski definition) is 3. The van der Waals surface area contributed by atoms with Gasteiger partial charge in [-0.15, -0.1) is 0 Å². The van der Waals surface area contributed by atoms with Crippen LogP contribution in [0.3, 0.4) is 0 Å². The zero-order valence-corrected chi connectivity index (χ0v) is 10.2. The molecule has 6 heteroatoms. The molecule has 0 unspecified atom stereocenters. The lowest BCUT2D eigenvalue weighted by Crippen LogP contribution is -2.12. The van der Waals surface area contributed by atoms with Crippen LogP contribution in [0, 0.1) is 5.82 Å². The Balaban J connectivity index is 3.27. The maximum atomic E-state index is 13.2. The number of esters is 1. The first-order valence-electron chi connectivity index (χ1n) is 4.30. The summed E-state index contributed by atoms with van der Waals surface area (Å²) in [4.78, 5) is 22.2. The third-order valence-corrected chi connectivity index (χ3v) is 2.38. The van der Waals surface area contributed by atoms with Crippen molar-refractivity contribution >= 4 is 33.5 Å². The maximum absolute atomic E-state index is 13.2. The molecule has 0 heterocycles. The Kier molecular flexibility index (Phi) is 4.00. The molecule has 1 amide bonds. The molecule has 0 aliphatic rings. The number of methoxy groups -OCH3 is 1. The predicted molar refractivity (Wildman–Crippen MR) is 59.7 cm³/mol. The molecular weight excluding hydrogens is 281 g/mol. The molecule has 0 atom stereocenters. The first-order chi connectivity index (χ1) is 7.45. The van der Waals surface area contributed by atoms with Crippen molar-refractivity contribution < 1.29 is 18.7 Å². The number of rotatable bonds is 2. The van der Waals surface area contributed by atoms with Crippen molar-refractivity contribution in [2.45, 2.75) is 6.92 Å². The summed E-state index contributed by atoms with van der Waals surface area (Å²) in [6, 6.07) is 2.31. The van der Waals surface area contributed by atoms with Gasteiger partial charge in [0, 0.05) is 6.92 Å². The molecule has 0 aliphatic carbocycles. The number of carbonyl (C=O) groups is 2. The Labute approximate surface area is 99.9 Å². The van der Waals surface area contributed by atoms with Crippen LogP contribution in [0.4, 0.5) is 10.1 Å². The Morgan fingerprint density at radius 2 is 2.06 bits per heavy atom. The van der Waals surface area contributed by atoms with Crippen molar-refractivity contribution in [3.05, 3.63) is 28.0 Å². The minimum Gasteiger partial charge on any atom is -0.465 e. The standard InChI is InChI=1S/C10H9BrFNO3/c1-5(14)13-9-4-7(11)8(12)3-6(9)10(15)16-2/h3-4H,1-2H3,(H,13,14). The average molecular weight is 290 g/mol. The largest absolute Gasteiger partial charge is 0.465 e. The zero-order chi connectivity index (χ0) is 12.3. The Morgan fingerprint density at radius 3 is 2.56 bits per heavy atom. The van der Waals surface area contributed by atoms with Crippen molar-refractivity contribution in [1.29, 1.82) is 0 Å². The van der Waals surface area contributed by atoms with Gasteiger partial charge in [0.1, 0.15) is 5.82 Å². The minimum absolute atomic E-state index is 0.0293. The van der Waals surface area contributed by atoms with Gasteiger partial charge in [-0.25, -0.2) is 9.18 Å². The normalized spacial score (nSPS) is 9.75. The quantitative estimate of drug-likeness (QED) is 0.850. The lowest BCUT2D eigenvalue weighted by molar-refractivity contribution is -0.114. The van der Waals surface area contributed by atoms with Crippen molar-refractivity contribution in [3.63, 3.8) is 0 Å². The summed E-state index contributed by atoms with van der Waals surface area (Å²) >= 11 is 2.96. The van der Waals surface area contributed by atoms with Crippen molar-refractivity contribution in [1.82, 2.24) is 0 Å². The highest BCUT2D eigenvalue weighted by atomic mass is 79.9. The van der Waals surface area contributed by atoms with Crippen LogP contribution in [0.5, 0.6) is 0 Å². The molecule has 0 spiro atoms. The number of halogens is 2. The van der Waals surface area contributed by atoms with E-state index < -0.39 is 11.8 Å². The number of benzene rings is 1. The summed E-state index contributed by atoms with van der Waals surface area (Å²) in [6.07, 6.45) is 0. The van der Waals surface area contributed by atoms with Gasteiger partial charge in [0.25, 0.3) is 0 Å². The first kappa shape index (κ1) is 12.6. The fourth-order valence-electron chi connectivity index (χ4n) is 1.12. The first-order valence-corrected chi connectivity index (χ1v) is 5.10. The molecule has 0 aliphatic heterocycles. The molecule has 0 fully saturated rings. The molecule has 86 valence electrons. The maximum Gasteiger partial charge on any atom is 0.340 e. The monoisotopic (exact) mass is 289 g/mol. The van der Waals surface area contributed by atoms with Crippen LogP contribution >= 0.6 is 15.9 Å². The Hall–Kier alpha value is -1.43. The lowest BCUT2D eigenvalue weighted by Gasteiger charge is -2.09. The highest BCUT2D eigenvalue weighted by Crippen LogP contribution is 2.25. The van der Waals surface area contributed by atoms with E-state index in [1.807, 2.05) is 0 Å². The number of amides is 1. The molecule has 0 aromatic heterocycles. The van der Waals surface area contributed by atoms with E-state index in [1.165, 1.54) is 20.1 Å². The molecule has 1 N–H and O–H groups in total. The zero-order valence-electron chi connectivity index (χ0n) is 8.64. The fourth-order valence-corrected chi connectivity index (χ4v) is 1.46. The van der Waals surface area contributed by atoms with E-state index in [0.717, 1.165) is 6.07 Å². The predicted octanol–water partition coefficient (Wildman–Crippen LogP) is 2.33. The fraction of sp³-hybridized carbons (Fsp3) is 0.200. The van der Waals surface area contributed by atoms with Gasteiger partial charge in [-0.05, 0) is 28.1 Å². The van der Waals surface area contributed by atoms with Crippen LogP contribution in [-0.2, 0) is 9.53 Å². The second-order valence-electron chi connectivity index (χ2n) is 2.98. The van der Waals surface area contributed by atoms with Crippen LogP contribution in [0.2, 0.25) is 0 Å². The summed E-state index contributed by atoms with van der Waals surface area (Å²) < 4.78 is 17.9. The van der Waals surface area contributed by atoms with Gasteiger partial charge in [0.15, 0.2) is 0 Å². The smallest absolute Gasteiger partial charge is 0.340 e. The van der Waals surface area contributed by atoms with Gasteiger partial charge in [-0.3, -0.25) is 4.79 Å². The minimum atomic E-state index is -0.713. The molecule has 1 rings (SSSR count). The molecule has 0 saturated heterocycles. The van der Waals surface area contributed by atoms with Crippen LogP contribution in [0.15, 0.2) is 16.6 Å². The number of anilines is 1. The summed E-state index contributed by atoms with van der Waals surface area (Å²) in [5, 5.41) is 2.42. The number of nitrogens with one attached hydrogen (secondary N) is 1. The molecule has 0 saturated carbocycles. The molecule has 0 bridgehead atoms. The second kappa shape index (κ2) is 5.07. The third-order valence-electron chi connectivity index (χ3n) is 1.78. The lowest BCUT2D eigenvalue weighted by atomic mass is 10.1. The van der Waals surface area contributed by atoms with Gasteiger partial charge in [-0.2, -0.15) is 0 Å². The SMILES string of the molecule is COC(=O)c1cc(F)c(Br)cc1NC(C)=O. The van der Waals surface area contributed by atoms with Gasteiger partial charge in [0.2, 0.25) is 5.91 Å². The van der Waals surface area contributed by atoms with E-state index >= 15 is 0 Å².